The standard InChI is InChI=1S/C13H24N2O4/c1-10(16)19-15-8-6-5-7-11(15)9-14-12(17)18-13(2,3)4/h11H,5-9H2,1-4H3,(H,14,17)/t11-/m0/s1. The minimum Gasteiger partial charge on any atom is -0.444 e. The number of alkyl carbamates (subject to hydrolysis) is 1. The molecule has 0 aromatic heterocycles. The van der Waals surface area contributed by atoms with Gasteiger partial charge in [0.05, 0.1) is 6.04 Å². The van der Waals surface area contributed by atoms with Crippen molar-refractivity contribution in [1.82, 2.24) is 10.4 Å². The fraction of sp³-hybridized carbons (Fsp3) is 0.846. The lowest BCUT2D eigenvalue weighted by Gasteiger charge is -2.33. The summed E-state index contributed by atoms with van der Waals surface area (Å²) < 4.78 is 5.17. The van der Waals surface area contributed by atoms with Gasteiger partial charge in [0.15, 0.2) is 0 Å². The number of nitrogens with zero attached hydrogens (tertiary/aromatic N) is 1. The second-order valence-electron chi connectivity index (χ2n) is 5.76. The van der Waals surface area contributed by atoms with Gasteiger partial charge >= 0.3 is 12.1 Å². The predicted octanol–water partition coefficient (Wildman–Crippen LogP) is 1.84. The molecule has 1 aliphatic heterocycles. The third kappa shape index (κ3) is 6.42. The molecule has 1 atom stereocenters. The SMILES string of the molecule is CC(=O)ON1CCCC[C@H]1CNC(=O)OC(C)(C)C. The van der Waals surface area contributed by atoms with Gasteiger partial charge in [0.2, 0.25) is 0 Å². The smallest absolute Gasteiger partial charge is 0.407 e. The van der Waals surface area contributed by atoms with Crippen LogP contribution in [0.4, 0.5) is 4.79 Å². The highest BCUT2D eigenvalue weighted by Gasteiger charge is 2.26. The molecule has 0 aromatic rings. The molecule has 6 heteroatoms. The highest BCUT2D eigenvalue weighted by Crippen LogP contribution is 2.17. The molecule has 0 unspecified atom stereocenters. The van der Waals surface area contributed by atoms with E-state index in [2.05, 4.69) is 5.32 Å². The van der Waals surface area contributed by atoms with Gasteiger partial charge in [-0.1, -0.05) is 6.42 Å². The summed E-state index contributed by atoms with van der Waals surface area (Å²) in [6.07, 6.45) is 2.51. The molecular weight excluding hydrogens is 248 g/mol. The van der Waals surface area contributed by atoms with Gasteiger partial charge in [0.25, 0.3) is 0 Å². The highest BCUT2D eigenvalue weighted by molar-refractivity contribution is 5.67. The van der Waals surface area contributed by atoms with E-state index < -0.39 is 11.7 Å². The average Bonchev–Trinajstić information content (AvgIpc) is 2.24. The van der Waals surface area contributed by atoms with Gasteiger partial charge in [0.1, 0.15) is 5.60 Å². The number of carbonyl (C=O) groups excluding carboxylic acids is 2. The van der Waals surface area contributed by atoms with Crippen molar-refractivity contribution in [1.29, 1.82) is 0 Å². The second kappa shape index (κ2) is 6.75. The van der Waals surface area contributed by atoms with Crippen LogP contribution in [0.5, 0.6) is 0 Å². The topological polar surface area (TPSA) is 67.9 Å². The summed E-state index contributed by atoms with van der Waals surface area (Å²) in [4.78, 5) is 27.7. The number of carbonyl (C=O) groups is 2. The number of ether oxygens (including phenoxy) is 1. The molecule has 0 saturated carbocycles. The number of nitrogens with one attached hydrogen (secondary N) is 1. The van der Waals surface area contributed by atoms with Crippen LogP contribution >= 0.6 is 0 Å². The van der Waals surface area contributed by atoms with Crippen LogP contribution in [0.15, 0.2) is 0 Å². The molecular formula is C13H24N2O4. The molecule has 1 rings (SSSR count). The Bertz CT molecular complexity index is 325. The van der Waals surface area contributed by atoms with Crippen LogP contribution in [0.2, 0.25) is 0 Å². The first-order chi connectivity index (χ1) is 8.78. The molecule has 110 valence electrons. The van der Waals surface area contributed by atoms with E-state index in [-0.39, 0.29) is 12.0 Å². The number of hydroxylamine groups is 2. The minimum absolute atomic E-state index is 0.0187. The summed E-state index contributed by atoms with van der Waals surface area (Å²) in [5.41, 5.74) is -0.508. The zero-order valence-corrected chi connectivity index (χ0v) is 12.2. The van der Waals surface area contributed by atoms with Gasteiger partial charge in [-0.05, 0) is 33.6 Å². The fourth-order valence-corrected chi connectivity index (χ4v) is 1.98. The Morgan fingerprint density at radius 1 is 1.32 bits per heavy atom. The third-order valence-corrected chi connectivity index (χ3v) is 2.70. The van der Waals surface area contributed by atoms with Crippen molar-refractivity contribution < 1.29 is 19.2 Å². The lowest BCUT2D eigenvalue weighted by atomic mass is 10.0. The second-order valence-corrected chi connectivity index (χ2v) is 5.76. The molecule has 1 fully saturated rings. The molecule has 0 spiro atoms. The van der Waals surface area contributed by atoms with E-state index in [1.807, 2.05) is 20.8 Å². The molecule has 0 aromatic carbocycles. The molecule has 0 radical (unpaired) electrons. The quantitative estimate of drug-likeness (QED) is 0.849. The first-order valence-electron chi connectivity index (χ1n) is 6.70. The Morgan fingerprint density at radius 2 is 2.00 bits per heavy atom. The van der Waals surface area contributed by atoms with E-state index >= 15 is 0 Å². The number of piperidine rings is 1. The summed E-state index contributed by atoms with van der Waals surface area (Å²) in [6, 6.07) is 0.0187. The first kappa shape index (κ1) is 15.8. The van der Waals surface area contributed by atoms with Crippen molar-refractivity contribution in [3.8, 4) is 0 Å². The largest absolute Gasteiger partial charge is 0.444 e. The summed E-state index contributed by atoms with van der Waals surface area (Å²) >= 11 is 0. The van der Waals surface area contributed by atoms with Gasteiger partial charge in [-0.15, -0.1) is 5.06 Å². The van der Waals surface area contributed by atoms with E-state index in [0.29, 0.717) is 13.1 Å². The number of rotatable bonds is 3. The fourth-order valence-electron chi connectivity index (χ4n) is 1.98. The van der Waals surface area contributed by atoms with E-state index in [4.69, 9.17) is 9.57 Å². The maximum atomic E-state index is 11.6. The van der Waals surface area contributed by atoms with Gasteiger partial charge in [-0.3, -0.25) is 4.79 Å². The number of hydrogen-bond donors (Lipinski definition) is 1. The molecule has 6 nitrogen and oxygen atoms in total. The van der Waals surface area contributed by atoms with Gasteiger partial charge < -0.3 is 14.9 Å². The van der Waals surface area contributed by atoms with Crippen LogP contribution in [0.3, 0.4) is 0 Å². The highest BCUT2D eigenvalue weighted by atomic mass is 16.7. The molecule has 19 heavy (non-hydrogen) atoms. The Hall–Kier alpha value is -1.30. The molecule has 0 bridgehead atoms. The van der Waals surface area contributed by atoms with E-state index in [9.17, 15) is 9.59 Å². The lowest BCUT2D eigenvalue weighted by molar-refractivity contribution is -0.204. The Balaban J connectivity index is 2.40. The van der Waals surface area contributed by atoms with Crippen molar-refractivity contribution in [3.05, 3.63) is 0 Å². The summed E-state index contributed by atoms with van der Waals surface area (Å²) in [6.45, 7) is 7.96. The third-order valence-electron chi connectivity index (χ3n) is 2.70. The predicted molar refractivity (Wildman–Crippen MR) is 70.3 cm³/mol. The molecule has 1 aliphatic rings. The Morgan fingerprint density at radius 3 is 2.58 bits per heavy atom. The number of amides is 1. The van der Waals surface area contributed by atoms with Crippen LogP contribution < -0.4 is 5.32 Å². The molecule has 1 saturated heterocycles. The van der Waals surface area contributed by atoms with Crippen LogP contribution in [0.1, 0.15) is 47.0 Å². The summed E-state index contributed by atoms with van der Waals surface area (Å²) in [5, 5.41) is 4.37. The maximum absolute atomic E-state index is 11.6. The maximum Gasteiger partial charge on any atom is 0.407 e. The van der Waals surface area contributed by atoms with Crippen molar-refractivity contribution in [2.24, 2.45) is 0 Å². The monoisotopic (exact) mass is 272 g/mol. The molecule has 1 N–H and O–H groups in total. The van der Waals surface area contributed by atoms with E-state index in [0.717, 1.165) is 19.3 Å². The van der Waals surface area contributed by atoms with Crippen molar-refractivity contribution in [2.75, 3.05) is 13.1 Å². The van der Waals surface area contributed by atoms with Crippen LogP contribution in [-0.4, -0.2) is 41.9 Å². The van der Waals surface area contributed by atoms with Crippen molar-refractivity contribution in [3.63, 3.8) is 0 Å². The molecule has 0 aliphatic carbocycles. The molecule has 1 amide bonds. The number of hydrogen-bond acceptors (Lipinski definition) is 5. The Kier molecular flexibility index (Phi) is 5.60. The first-order valence-corrected chi connectivity index (χ1v) is 6.70. The Labute approximate surface area is 114 Å². The van der Waals surface area contributed by atoms with Crippen LogP contribution in [-0.2, 0) is 14.4 Å². The average molecular weight is 272 g/mol. The zero-order chi connectivity index (χ0) is 14.5. The van der Waals surface area contributed by atoms with Crippen molar-refractivity contribution >= 4 is 12.1 Å². The molecule has 1 heterocycles. The lowest BCUT2D eigenvalue weighted by Crippen LogP contribution is -2.47. The van der Waals surface area contributed by atoms with Crippen LogP contribution in [0, 0.1) is 0 Å². The summed E-state index contributed by atoms with van der Waals surface area (Å²) in [5.74, 6) is -0.329. The van der Waals surface area contributed by atoms with E-state index in [1.165, 1.54) is 6.92 Å². The van der Waals surface area contributed by atoms with Gasteiger partial charge in [-0.25, -0.2) is 4.79 Å². The summed E-state index contributed by atoms with van der Waals surface area (Å²) in [7, 11) is 0. The zero-order valence-electron chi connectivity index (χ0n) is 12.2. The minimum atomic E-state index is -0.508. The van der Waals surface area contributed by atoms with E-state index in [1.54, 1.807) is 5.06 Å². The van der Waals surface area contributed by atoms with Gasteiger partial charge in [-0.2, -0.15) is 0 Å². The van der Waals surface area contributed by atoms with Crippen molar-refractivity contribution in [2.45, 2.75) is 58.6 Å². The normalized spacial score (nSPS) is 20.7. The van der Waals surface area contributed by atoms with Crippen LogP contribution in [0.25, 0.3) is 0 Å². The van der Waals surface area contributed by atoms with Gasteiger partial charge in [0, 0.05) is 20.0 Å².